The fourth-order valence-corrected chi connectivity index (χ4v) is 10.4. The number of aromatic amines is 1. The lowest BCUT2D eigenvalue weighted by Crippen LogP contribution is -2.41. The van der Waals surface area contributed by atoms with Crippen molar-refractivity contribution in [3.63, 3.8) is 0 Å². The summed E-state index contributed by atoms with van der Waals surface area (Å²) in [5, 5.41) is 4.68. The third-order valence-electron chi connectivity index (χ3n) is 16.6. The Balaban J connectivity index is 0.000000290. The highest BCUT2D eigenvalue weighted by Crippen LogP contribution is 2.43. The zero-order valence-electron chi connectivity index (χ0n) is 49.9. The van der Waals surface area contributed by atoms with E-state index in [4.69, 9.17) is 27.9 Å². The summed E-state index contributed by atoms with van der Waals surface area (Å²) in [6.45, 7) is 32.7. The molecule has 3 aliphatic heterocycles. The van der Waals surface area contributed by atoms with E-state index in [9.17, 15) is 0 Å². The van der Waals surface area contributed by atoms with Crippen LogP contribution in [-0.4, -0.2) is 68.9 Å². The molecule has 0 saturated carbocycles. The number of aromatic nitrogens is 3. The number of alkyl halides is 1. The lowest BCUT2D eigenvalue weighted by molar-refractivity contribution is 0.00578. The molecule has 0 unspecified atom stereocenters. The Morgan fingerprint density at radius 3 is 1.15 bits per heavy atom. The minimum Gasteiger partial charge on any atom is -0.405 e. The fraction of sp³-hybridized carbons (Fsp3) is 0.408. The summed E-state index contributed by atoms with van der Waals surface area (Å²) in [4.78, 5) is 3.13. The molecule has 0 amide bonds. The summed E-state index contributed by atoms with van der Waals surface area (Å²) >= 11 is 10.3. The number of benzene rings is 6. The molecule has 3 aromatic heterocycles. The Labute approximate surface area is 544 Å². The number of aryl methyl sites for hydroxylation is 3. The van der Waals surface area contributed by atoms with Crippen LogP contribution in [0.4, 0.5) is 0 Å². The monoisotopic (exact) mass is 1360 g/mol. The summed E-state index contributed by atoms with van der Waals surface area (Å²) in [7, 11) is -1.27. The molecular weight excluding hydrogens is 1260 g/mol. The van der Waals surface area contributed by atoms with Crippen LogP contribution in [0.5, 0.6) is 0 Å². The maximum Gasteiger partial charge on any atom is 0.494 e. The Morgan fingerprint density at radius 1 is 0.395 bits per heavy atom. The first kappa shape index (κ1) is 75.6. The topological polar surface area (TPSA) is 81.0 Å². The summed E-state index contributed by atoms with van der Waals surface area (Å²) in [5.74, 6) is 0. The van der Waals surface area contributed by atoms with Crippen LogP contribution in [0, 0.1) is 20.8 Å². The maximum atomic E-state index is 6.18. The van der Waals surface area contributed by atoms with Gasteiger partial charge in [0.15, 0.2) is 0 Å². The summed E-state index contributed by atoms with van der Waals surface area (Å²) < 4.78 is 43.0. The molecule has 9 aromatic rings. The first-order chi connectivity index (χ1) is 38.0. The van der Waals surface area contributed by atoms with Gasteiger partial charge in [0.1, 0.15) is 0 Å². The van der Waals surface area contributed by atoms with E-state index >= 15 is 0 Å². The lowest BCUT2D eigenvalue weighted by Gasteiger charge is -2.32. The van der Waals surface area contributed by atoms with Gasteiger partial charge in [-0.05, 0) is 192 Å². The van der Waals surface area contributed by atoms with Gasteiger partial charge in [0.05, 0.1) is 33.6 Å². The number of nitrogens with zero attached hydrogens (tertiary/aromatic N) is 2. The van der Waals surface area contributed by atoms with Gasteiger partial charge in [-0.15, -0.1) is 0 Å². The summed E-state index contributed by atoms with van der Waals surface area (Å²) in [5.41, 5.74) is 10.6. The smallest absolute Gasteiger partial charge is 0.405 e. The molecular formula is C71H99B3Br3N3O6. The second-order valence-corrected chi connectivity index (χ2v) is 26.9. The first-order valence-electron chi connectivity index (χ1n) is 27.9. The van der Waals surface area contributed by atoms with Gasteiger partial charge in [-0.25, -0.2) is 0 Å². The van der Waals surface area contributed by atoms with E-state index in [1.54, 1.807) is 0 Å². The van der Waals surface area contributed by atoms with Crippen LogP contribution in [0.15, 0.2) is 173 Å². The minimum atomic E-state index is -0.476. The van der Waals surface area contributed by atoms with Crippen molar-refractivity contribution in [2.75, 3.05) is 0 Å². The van der Waals surface area contributed by atoms with Crippen LogP contribution in [0.1, 0.15) is 154 Å². The van der Waals surface area contributed by atoms with E-state index < -0.39 is 14.0 Å². The molecule has 464 valence electrons. The molecule has 0 aliphatic carbocycles. The van der Waals surface area contributed by atoms with E-state index in [-0.39, 0.29) is 77.9 Å². The Morgan fingerprint density at radius 2 is 0.744 bits per heavy atom. The number of H-pyrrole nitrogens is 1. The standard InChI is InChI=1S/C22H26BNO2.C16H14BrN.C12H24B2O4.C8H6BrN.C8H9Br.5CH4/c1-16-6-8-17(9-7-16)15-24-13-12-18-14-19(10-11-20(18)24)23-25-21(2,3)22(4,5)26-23;1-12-2-4-13(5-3-12)11-18-9-8-14-10-15(17)6-7-16(14)18;1-9(2)10(3,4)16-13(15-9)14-17-11(5,6)12(7,8)18-14;9-7-1-2-8-6(5-7)3-4-10-8;1-7-2-4-8(6-9)5-3-7;;;;;/h6-14H,15H2,1-5H3;2-10H,11H2,1H3;1-8H3;1-5,10H;2-5H,6H2,1H3;5*1H4. The van der Waals surface area contributed by atoms with Gasteiger partial charge in [-0.3, -0.25) is 0 Å². The van der Waals surface area contributed by atoms with Crippen LogP contribution >= 0.6 is 47.8 Å². The number of hydrogen-bond acceptors (Lipinski definition) is 6. The molecule has 0 radical (unpaired) electrons. The van der Waals surface area contributed by atoms with Crippen molar-refractivity contribution in [3.8, 4) is 0 Å². The van der Waals surface area contributed by atoms with Crippen LogP contribution < -0.4 is 5.46 Å². The first-order valence-corrected chi connectivity index (χ1v) is 30.6. The Bertz CT molecular complexity index is 3450. The normalized spacial score (nSPS) is 16.8. The molecule has 3 aliphatic rings. The van der Waals surface area contributed by atoms with E-state index in [0.717, 1.165) is 32.8 Å². The van der Waals surface area contributed by atoms with Crippen molar-refractivity contribution in [2.24, 2.45) is 0 Å². The molecule has 0 bridgehead atoms. The molecule has 6 aromatic carbocycles. The van der Waals surface area contributed by atoms with E-state index in [1.165, 1.54) is 66.1 Å². The highest BCUT2D eigenvalue weighted by molar-refractivity contribution is 9.10. The van der Waals surface area contributed by atoms with Gasteiger partial charge in [0.2, 0.25) is 0 Å². The van der Waals surface area contributed by atoms with E-state index in [0.29, 0.717) is 0 Å². The second kappa shape index (κ2) is 30.7. The quantitative estimate of drug-likeness (QED) is 0.126. The average molecular weight is 1360 g/mol. The summed E-state index contributed by atoms with van der Waals surface area (Å²) in [6.07, 6.45) is 6.24. The third kappa shape index (κ3) is 18.2. The van der Waals surface area contributed by atoms with Gasteiger partial charge in [-0.2, -0.15) is 0 Å². The van der Waals surface area contributed by atoms with Crippen LogP contribution in [0.25, 0.3) is 32.7 Å². The predicted octanol–water partition coefficient (Wildman–Crippen LogP) is 20.3. The molecule has 1 N–H and O–H groups in total. The number of fused-ring (bicyclic) bond motifs is 3. The van der Waals surface area contributed by atoms with Crippen molar-refractivity contribution in [2.45, 2.75) is 193 Å². The van der Waals surface area contributed by atoms with Gasteiger partial charge in [0.25, 0.3) is 0 Å². The number of rotatable bonds is 7. The van der Waals surface area contributed by atoms with Crippen LogP contribution in [0.2, 0.25) is 0 Å². The van der Waals surface area contributed by atoms with Gasteiger partial charge in [-0.1, -0.05) is 187 Å². The maximum absolute atomic E-state index is 6.18. The molecule has 0 spiro atoms. The second-order valence-electron chi connectivity index (χ2n) is 24.5. The van der Waals surface area contributed by atoms with E-state index in [2.05, 4.69) is 262 Å². The Kier molecular flexibility index (Phi) is 27.0. The molecule has 12 rings (SSSR count). The van der Waals surface area contributed by atoms with Gasteiger partial charge in [0, 0.05) is 73.3 Å². The lowest BCUT2D eigenvalue weighted by atomic mass is 9.49. The van der Waals surface area contributed by atoms with Crippen molar-refractivity contribution >= 4 is 107 Å². The van der Waals surface area contributed by atoms with Crippen molar-refractivity contribution in [1.29, 1.82) is 0 Å². The molecule has 9 nitrogen and oxygen atoms in total. The van der Waals surface area contributed by atoms with Crippen LogP contribution in [0.3, 0.4) is 0 Å². The predicted molar refractivity (Wildman–Crippen MR) is 383 cm³/mol. The molecule has 3 saturated heterocycles. The highest BCUT2D eigenvalue weighted by Gasteiger charge is 2.63. The van der Waals surface area contributed by atoms with Gasteiger partial charge >= 0.3 is 21.1 Å². The number of nitrogens with one attached hydrogen (secondary N) is 1. The largest absolute Gasteiger partial charge is 0.494 e. The Hall–Kier alpha value is -4.67. The van der Waals surface area contributed by atoms with Crippen molar-refractivity contribution < 1.29 is 27.9 Å². The zero-order chi connectivity index (χ0) is 58.7. The van der Waals surface area contributed by atoms with Crippen molar-refractivity contribution in [1.82, 2.24) is 14.1 Å². The van der Waals surface area contributed by atoms with E-state index in [1.807, 2.05) is 67.7 Å². The highest BCUT2D eigenvalue weighted by atomic mass is 79.9. The van der Waals surface area contributed by atoms with Crippen molar-refractivity contribution in [3.05, 3.63) is 207 Å². The summed E-state index contributed by atoms with van der Waals surface area (Å²) in [6, 6.07) is 51.4. The molecule has 6 heterocycles. The van der Waals surface area contributed by atoms with Crippen LogP contribution in [-0.2, 0) is 46.3 Å². The number of halogens is 3. The molecule has 86 heavy (non-hydrogen) atoms. The SMILES string of the molecule is Brc1ccc2[nH]ccc2c1.C.C.C.C.C.CC1(C)OB(B2OC(C)(C)C(C)(C)O2)OC1(C)C.Cc1ccc(CBr)cc1.Cc1ccc(Cn2ccc3cc(B4OC(C)(C)C(C)(C)O4)ccc32)cc1.Cc1ccc(Cn2ccc3cc(Br)ccc32)cc1. The minimum absolute atomic E-state index is 0. The molecule has 3 fully saturated rings. The fourth-order valence-electron chi connectivity index (χ4n) is 9.27. The zero-order valence-corrected chi connectivity index (χ0v) is 54.7. The van der Waals surface area contributed by atoms with Gasteiger partial charge < -0.3 is 42.0 Å². The molecule has 0 atom stereocenters. The number of hydrogen-bond donors (Lipinski definition) is 1. The third-order valence-corrected chi connectivity index (χ3v) is 18.2. The average Bonchev–Trinajstić information content (AvgIpc) is 4.21. The molecule has 15 heteroatoms.